The monoisotopic (exact) mass is 353 g/mol. The summed E-state index contributed by atoms with van der Waals surface area (Å²) in [7, 11) is 0. The maximum Gasteiger partial charge on any atom is 0.266 e. The number of aryl methyl sites for hydroxylation is 1. The topological polar surface area (TPSA) is 64.9 Å². The van der Waals surface area contributed by atoms with Gasteiger partial charge in [0, 0.05) is 17.1 Å². The van der Waals surface area contributed by atoms with Crippen LogP contribution in [0.2, 0.25) is 0 Å². The predicted molar refractivity (Wildman–Crippen MR) is 110 cm³/mol. The van der Waals surface area contributed by atoms with Crippen LogP contribution < -0.4 is 10.6 Å². The lowest BCUT2D eigenvalue weighted by molar-refractivity contribution is -0.112. The zero-order chi connectivity index (χ0) is 19.1. The van der Waals surface area contributed by atoms with Crippen molar-refractivity contribution in [1.82, 2.24) is 0 Å². The van der Waals surface area contributed by atoms with Crippen molar-refractivity contribution in [3.63, 3.8) is 0 Å². The Morgan fingerprint density at radius 3 is 2.22 bits per heavy atom. The lowest BCUT2D eigenvalue weighted by Crippen LogP contribution is -2.13. The van der Waals surface area contributed by atoms with Crippen LogP contribution in [0.4, 0.5) is 17.1 Å². The highest BCUT2D eigenvalue weighted by Gasteiger charge is 2.09. The Kier molecular flexibility index (Phi) is 5.66. The third kappa shape index (κ3) is 5.07. The van der Waals surface area contributed by atoms with Gasteiger partial charge in [-0.05, 0) is 60.5 Å². The van der Waals surface area contributed by atoms with Gasteiger partial charge < -0.3 is 10.6 Å². The minimum atomic E-state index is -0.422. The van der Waals surface area contributed by atoms with Gasteiger partial charge in [0.25, 0.3) is 5.91 Å². The van der Waals surface area contributed by atoms with Crippen LogP contribution in [0.15, 0.2) is 84.4 Å². The van der Waals surface area contributed by atoms with Gasteiger partial charge in [-0.15, -0.1) is 0 Å². The highest BCUT2D eigenvalue weighted by Crippen LogP contribution is 2.18. The number of nitriles is 1. The molecular weight excluding hydrogens is 334 g/mol. The second-order valence-electron chi connectivity index (χ2n) is 6.11. The van der Waals surface area contributed by atoms with E-state index < -0.39 is 5.91 Å². The molecule has 4 heteroatoms. The number of amides is 1. The van der Waals surface area contributed by atoms with Crippen molar-refractivity contribution in [2.24, 2.45) is 0 Å². The third-order valence-electron chi connectivity index (χ3n) is 3.93. The van der Waals surface area contributed by atoms with E-state index >= 15 is 0 Å². The second kappa shape index (κ2) is 8.50. The summed E-state index contributed by atoms with van der Waals surface area (Å²) in [6.45, 7) is 1.95. The molecule has 1 amide bonds. The van der Waals surface area contributed by atoms with E-state index in [1.165, 1.54) is 0 Å². The van der Waals surface area contributed by atoms with Gasteiger partial charge in [0.05, 0.1) is 0 Å². The number of hydrogen-bond donors (Lipinski definition) is 2. The quantitative estimate of drug-likeness (QED) is 0.484. The van der Waals surface area contributed by atoms with Crippen molar-refractivity contribution in [2.75, 3.05) is 10.6 Å². The van der Waals surface area contributed by atoms with Crippen molar-refractivity contribution in [3.05, 3.63) is 95.6 Å². The summed E-state index contributed by atoms with van der Waals surface area (Å²) in [5.74, 6) is -0.422. The van der Waals surface area contributed by atoms with Crippen molar-refractivity contribution in [3.8, 4) is 6.07 Å². The molecule has 0 heterocycles. The number of nitrogens with one attached hydrogen (secondary N) is 2. The van der Waals surface area contributed by atoms with Crippen LogP contribution in [0.3, 0.4) is 0 Å². The Morgan fingerprint density at radius 2 is 1.56 bits per heavy atom. The Morgan fingerprint density at radius 1 is 0.889 bits per heavy atom. The molecule has 0 aliphatic rings. The highest BCUT2D eigenvalue weighted by atomic mass is 16.1. The highest BCUT2D eigenvalue weighted by molar-refractivity contribution is 6.09. The number of carbonyl (C=O) groups is 1. The molecule has 0 spiro atoms. The largest absolute Gasteiger partial charge is 0.356 e. The Labute approximate surface area is 158 Å². The molecule has 0 aliphatic carbocycles. The minimum absolute atomic E-state index is 0.0558. The van der Waals surface area contributed by atoms with Crippen molar-refractivity contribution >= 4 is 29.0 Å². The first-order valence-electron chi connectivity index (χ1n) is 8.56. The molecule has 3 aromatic carbocycles. The maximum atomic E-state index is 12.4. The first-order chi connectivity index (χ1) is 13.1. The molecule has 132 valence electrons. The van der Waals surface area contributed by atoms with Crippen molar-refractivity contribution in [1.29, 1.82) is 5.26 Å². The fourth-order valence-electron chi connectivity index (χ4n) is 2.59. The molecule has 0 bridgehead atoms. The van der Waals surface area contributed by atoms with Crippen LogP contribution >= 0.6 is 0 Å². The lowest BCUT2D eigenvalue weighted by Gasteiger charge is -2.07. The van der Waals surface area contributed by atoms with E-state index in [0.717, 1.165) is 22.5 Å². The molecule has 3 rings (SSSR count). The molecule has 0 aromatic heterocycles. The number of carbonyl (C=O) groups excluding carboxylic acids is 1. The van der Waals surface area contributed by atoms with E-state index in [0.29, 0.717) is 5.69 Å². The van der Waals surface area contributed by atoms with E-state index in [1.807, 2.05) is 85.8 Å². The summed E-state index contributed by atoms with van der Waals surface area (Å²) in [6, 6.07) is 26.8. The number of para-hydroxylation sites is 1. The van der Waals surface area contributed by atoms with Gasteiger partial charge in [-0.1, -0.05) is 42.5 Å². The molecule has 0 saturated carbocycles. The maximum absolute atomic E-state index is 12.4. The van der Waals surface area contributed by atoms with E-state index in [-0.39, 0.29) is 5.57 Å². The van der Waals surface area contributed by atoms with Gasteiger partial charge in [-0.25, -0.2) is 0 Å². The molecule has 0 aliphatic heterocycles. The van der Waals surface area contributed by atoms with Crippen LogP contribution in [0.25, 0.3) is 6.08 Å². The fraction of sp³-hybridized carbons (Fsp3) is 0.0435. The van der Waals surface area contributed by atoms with Gasteiger partial charge in [-0.2, -0.15) is 5.26 Å². The summed E-state index contributed by atoms with van der Waals surface area (Å²) in [5, 5.41) is 15.4. The van der Waals surface area contributed by atoms with E-state index in [1.54, 1.807) is 12.1 Å². The number of nitrogens with zero attached hydrogens (tertiary/aromatic N) is 1. The van der Waals surface area contributed by atoms with Crippen LogP contribution in [0.1, 0.15) is 11.1 Å². The van der Waals surface area contributed by atoms with Gasteiger partial charge in [0.1, 0.15) is 11.6 Å². The predicted octanol–water partition coefficient (Wildman–Crippen LogP) is 5.28. The first-order valence-corrected chi connectivity index (χ1v) is 8.56. The minimum Gasteiger partial charge on any atom is -0.356 e. The summed E-state index contributed by atoms with van der Waals surface area (Å²) in [6.07, 6.45) is 1.58. The number of hydrogen-bond acceptors (Lipinski definition) is 3. The Bertz CT molecular complexity index is 1000. The molecule has 27 heavy (non-hydrogen) atoms. The lowest BCUT2D eigenvalue weighted by atomic mass is 10.1. The summed E-state index contributed by atoms with van der Waals surface area (Å²) < 4.78 is 0. The zero-order valence-electron chi connectivity index (χ0n) is 14.9. The van der Waals surface area contributed by atoms with Gasteiger partial charge in [0.2, 0.25) is 0 Å². The van der Waals surface area contributed by atoms with Gasteiger partial charge in [0.15, 0.2) is 0 Å². The number of benzene rings is 3. The molecule has 0 fully saturated rings. The molecule has 3 aromatic rings. The SMILES string of the molecule is Cc1cccc(NC(=O)/C(C#N)=C/c2ccc(Nc3ccccc3)cc2)c1. The van der Waals surface area contributed by atoms with E-state index in [9.17, 15) is 10.1 Å². The molecule has 0 saturated heterocycles. The average Bonchev–Trinajstić information content (AvgIpc) is 2.68. The summed E-state index contributed by atoms with van der Waals surface area (Å²) >= 11 is 0. The van der Waals surface area contributed by atoms with Gasteiger partial charge in [-0.3, -0.25) is 4.79 Å². The Balaban J connectivity index is 1.71. The molecule has 2 N–H and O–H groups in total. The molecule has 0 unspecified atom stereocenters. The fourth-order valence-corrected chi connectivity index (χ4v) is 2.59. The molecule has 0 radical (unpaired) electrons. The normalized spacial score (nSPS) is 10.7. The molecule has 4 nitrogen and oxygen atoms in total. The van der Waals surface area contributed by atoms with E-state index in [4.69, 9.17) is 0 Å². The van der Waals surface area contributed by atoms with E-state index in [2.05, 4.69) is 10.6 Å². The Hall–Kier alpha value is -3.84. The third-order valence-corrected chi connectivity index (χ3v) is 3.93. The number of anilines is 3. The van der Waals surface area contributed by atoms with Crippen LogP contribution in [-0.2, 0) is 4.79 Å². The molecular formula is C23H19N3O. The average molecular weight is 353 g/mol. The first kappa shape index (κ1) is 18.0. The van der Waals surface area contributed by atoms with Gasteiger partial charge >= 0.3 is 0 Å². The van der Waals surface area contributed by atoms with Crippen LogP contribution in [-0.4, -0.2) is 5.91 Å². The summed E-state index contributed by atoms with van der Waals surface area (Å²) in [4.78, 5) is 12.4. The van der Waals surface area contributed by atoms with Crippen LogP contribution in [0, 0.1) is 18.3 Å². The zero-order valence-corrected chi connectivity index (χ0v) is 14.9. The van der Waals surface area contributed by atoms with Crippen molar-refractivity contribution < 1.29 is 4.79 Å². The van der Waals surface area contributed by atoms with Crippen LogP contribution in [0.5, 0.6) is 0 Å². The van der Waals surface area contributed by atoms with Crippen molar-refractivity contribution in [2.45, 2.75) is 6.92 Å². The number of rotatable bonds is 5. The molecule has 0 atom stereocenters. The second-order valence-corrected chi connectivity index (χ2v) is 6.11. The smallest absolute Gasteiger partial charge is 0.266 e. The standard InChI is InChI=1S/C23H19N3O/c1-17-6-5-9-22(14-17)26-23(27)19(16-24)15-18-10-12-21(13-11-18)25-20-7-3-2-4-8-20/h2-15,25H,1H3,(H,26,27)/b19-15+. The summed E-state index contributed by atoms with van der Waals surface area (Å²) in [5.41, 5.74) is 4.47.